The van der Waals surface area contributed by atoms with E-state index >= 15 is 0 Å². The highest BCUT2D eigenvalue weighted by Gasteiger charge is 2.28. The van der Waals surface area contributed by atoms with Gasteiger partial charge in [-0.3, -0.25) is 4.79 Å². The number of imidazole rings is 1. The van der Waals surface area contributed by atoms with Crippen molar-refractivity contribution in [3.8, 4) is 0 Å². The lowest BCUT2D eigenvalue weighted by atomic mass is 10.0. The fourth-order valence-electron chi connectivity index (χ4n) is 4.53. The molecular formula is C23H25N5O. The summed E-state index contributed by atoms with van der Waals surface area (Å²) < 4.78 is 2.20. The van der Waals surface area contributed by atoms with E-state index in [1.54, 1.807) is 0 Å². The molecule has 0 spiro atoms. The van der Waals surface area contributed by atoms with Crippen molar-refractivity contribution < 1.29 is 4.79 Å². The number of nitrogens with one attached hydrogen (secondary N) is 1. The second-order valence-corrected chi connectivity index (χ2v) is 7.85. The Labute approximate surface area is 169 Å². The average Bonchev–Trinajstić information content (AvgIpc) is 3.45. The summed E-state index contributed by atoms with van der Waals surface area (Å²) in [7, 11) is 0. The summed E-state index contributed by atoms with van der Waals surface area (Å²) in [5, 5.41) is 1.14. The van der Waals surface area contributed by atoms with E-state index in [-0.39, 0.29) is 5.91 Å². The third kappa shape index (κ3) is 3.28. The Morgan fingerprint density at radius 3 is 3.03 bits per heavy atom. The van der Waals surface area contributed by atoms with Crippen LogP contribution < -0.4 is 0 Å². The van der Waals surface area contributed by atoms with Crippen molar-refractivity contribution in [2.45, 2.75) is 32.7 Å². The number of aromatic nitrogens is 4. The molecule has 1 aromatic carbocycles. The van der Waals surface area contributed by atoms with Gasteiger partial charge in [-0.2, -0.15) is 0 Å². The molecule has 1 amide bonds. The monoisotopic (exact) mass is 387 g/mol. The molecule has 0 saturated carbocycles. The van der Waals surface area contributed by atoms with Crippen LogP contribution in [0.3, 0.4) is 0 Å². The maximum atomic E-state index is 12.9. The fraction of sp³-hybridized carbons (Fsp3) is 0.348. The van der Waals surface area contributed by atoms with E-state index in [4.69, 9.17) is 4.98 Å². The van der Waals surface area contributed by atoms with E-state index in [2.05, 4.69) is 27.5 Å². The SMILES string of the molecule is CCn1c(C[C@@H]2CCN(C(=O)Cc3c[nH]c4ccccc34)C2)nc2cccnc21. The number of aromatic amines is 1. The highest BCUT2D eigenvalue weighted by molar-refractivity contribution is 5.89. The zero-order valence-electron chi connectivity index (χ0n) is 16.6. The van der Waals surface area contributed by atoms with Gasteiger partial charge < -0.3 is 14.5 Å². The Hall–Kier alpha value is -3.15. The number of rotatable bonds is 5. The van der Waals surface area contributed by atoms with Gasteiger partial charge in [0, 0.05) is 49.4 Å². The second kappa shape index (κ2) is 7.35. The van der Waals surface area contributed by atoms with Crippen molar-refractivity contribution in [2.75, 3.05) is 13.1 Å². The number of aryl methyl sites for hydroxylation is 1. The van der Waals surface area contributed by atoms with Gasteiger partial charge in [-0.25, -0.2) is 9.97 Å². The first-order valence-corrected chi connectivity index (χ1v) is 10.4. The van der Waals surface area contributed by atoms with E-state index in [0.717, 1.165) is 65.9 Å². The van der Waals surface area contributed by atoms with Crippen LogP contribution in [-0.4, -0.2) is 43.4 Å². The molecule has 4 heterocycles. The zero-order chi connectivity index (χ0) is 19.8. The van der Waals surface area contributed by atoms with Crippen LogP contribution in [0.5, 0.6) is 0 Å². The lowest BCUT2D eigenvalue weighted by Gasteiger charge is -2.16. The normalized spacial score (nSPS) is 16.9. The molecular weight excluding hydrogens is 362 g/mol. The molecule has 1 fully saturated rings. The Morgan fingerprint density at radius 2 is 2.14 bits per heavy atom. The van der Waals surface area contributed by atoms with Crippen molar-refractivity contribution >= 4 is 28.0 Å². The smallest absolute Gasteiger partial charge is 0.227 e. The summed E-state index contributed by atoms with van der Waals surface area (Å²) in [5.74, 6) is 1.74. The third-order valence-corrected chi connectivity index (χ3v) is 6.03. The number of para-hydroxylation sites is 1. The number of pyridine rings is 1. The fourth-order valence-corrected chi connectivity index (χ4v) is 4.53. The van der Waals surface area contributed by atoms with Gasteiger partial charge in [-0.1, -0.05) is 18.2 Å². The van der Waals surface area contributed by atoms with Crippen LogP contribution in [0.4, 0.5) is 0 Å². The van der Waals surface area contributed by atoms with E-state index < -0.39 is 0 Å². The lowest BCUT2D eigenvalue weighted by Crippen LogP contribution is -2.30. The number of benzene rings is 1. The number of H-pyrrole nitrogens is 1. The molecule has 0 radical (unpaired) electrons. The number of hydrogen-bond donors (Lipinski definition) is 1. The topological polar surface area (TPSA) is 66.8 Å². The Morgan fingerprint density at radius 1 is 1.24 bits per heavy atom. The molecule has 1 atom stereocenters. The Kier molecular flexibility index (Phi) is 4.54. The summed E-state index contributed by atoms with van der Waals surface area (Å²) in [6.45, 7) is 4.63. The average molecular weight is 387 g/mol. The van der Waals surface area contributed by atoms with Crippen molar-refractivity contribution in [2.24, 2.45) is 5.92 Å². The van der Waals surface area contributed by atoms with Gasteiger partial charge in [-0.15, -0.1) is 0 Å². The summed E-state index contributed by atoms with van der Waals surface area (Å²) in [5.41, 5.74) is 4.07. The highest BCUT2D eigenvalue weighted by Crippen LogP contribution is 2.25. The number of carbonyl (C=O) groups excluding carboxylic acids is 1. The molecule has 5 rings (SSSR count). The van der Waals surface area contributed by atoms with E-state index in [9.17, 15) is 4.79 Å². The predicted molar refractivity (Wildman–Crippen MR) is 114 cm³/mol. The molecule has 148 valence electrons. The Balaban J connectivity index is 1.27. The van der Waals surface area contributed by atoms with Crippen LogP contribution in [0.2, 0.25) is 0 Å². The van der Waals surface area contributed by atoms with Gasteiger partial charge in [0.2, 0.25) is 5.91 Å². The quantitative estimate of drug-likeness (QED) is 0.569. The standard InChI is InChI=1S/C23H25N5O/c1-2-28-21(26-20-8-5-10-24-23(20)28)12-16-9-11-27(15-16)22(29)13-17-14-25-19-7-4-3-6-18(17)19/h3-8,10,14,16,25H,2,9,11-13,15H2,1H3/t16-/m0/s1. The lowest BCUT2D eigenvalue weighted by molar-refractivity contribution is -0.129. The van der Waals surface area contributed by atoms with Crippen LogP contribution in [0.15, 0.2) is 48.8 Å². The molecule has 1 saturated heterocycles. The number of fused-ring (bicyclic) bond motifs is 2. The summed E-state index contributed by atoms with van der Waals surface area (Å²) >= 11 is 0. The van der Waals surface area contributed by atoms with Crippen molar-refractivity contribution in [1.82, 2.24) is 24.4 Å². The first kappa shape index (κ1) is 17.9. The number of nitrogens with zero attached hydrogens (tertiary/aromatic N) is 4. The molecule has 1 aliphatic rings. The van der Waals surface area contributed by atoms with Gasteiger partial charge in [0.25, 0.3) is 0 Å². The second-order valence-electron chi connectivity index (χ2n) is 7.85. The molecule has 29 heavy (non-hydrogen) atoms. The van der Waals surface area contributed by atoms with Crippen LogP contribution >= 0.6 is 0 Å². The first-order valence-electron chi connectivity index (χ1n) is 10.4. The number of carbonyl (C=O) groups is 1. The first-order chi connectivity index (χ1) is 14.2. The van der Waals surface area contributed by atoms with E-state index in [1.165, 1.54) is 0 Å². The van der Waals surface area contributed by atoms with Crippen LogP contribution in [0.25, 0.3) is 22.1 Å². The minimum absolute atomic E-state index is 0.211. The van der Waals surface area contributed by atoms with Crippen LogP contribution in [-0.2, 0) is 24.2 Å². The predicted octanol–water partition coefficient (Wildman–Crippen LogP) is 3.57. The molecule has 6 nitrogen and oxygen atoms in total. The van der Waals surface area contributed by atoms with Crippen LogP contribution in [0.1, 0.15) is 24.7 Å². The van der Waals surface area contributed by atoms with Gasteiger partial charge in [0.1, 0.15) is 11.3 Å². The molecule has 0 aliphatic carbocycles. The summed E-state index contributed by atoms with van der Waals surface area (Å²) in [6.07, 6.45) is 6.16. The van der Waals surface area contributed by atoms with E-state index in [0.29, 0.717) is 12.3 Å². The van der Waals surface area contributed by atoms with Crippen LogP contribution in [0, 0.1) is 5.92 Å². The maximum Gasteiger partial charge on any atom is 0.227 e. The molecule has 3 aromatic heterocycles. The third-order valence-electron chi connectivity index (χ3n) is 6.03. The minimum Gasteiger partial charge on any atom is -0.361 e. The molecule has 1 aliphatic heterocycles. The summed E-state index contributed by atoms with van der Waals surface area (Å²) in [4.78, 5) is 27.5. The van der Waals surface area contributed by atoms with Crippen molar-refractivity contribution in [1.29, 1.82) is 0 Å². The largest absolute Gasteiger partial charge is 0.361 e. The summed E-state index contributed by atoms with van der Waals surface area (Å²) in [6, 6.07) is 12.1. The number of hydrogen-bond acceptors (Lipinski definition) is 3. The minimum atomic E-state index is 0.211. The van der Waals surface area contributed by atoms with Gasteiger partial charge >= 0.3 is 0 Å². The molecule has 6 heteroatoms. The maximum absolute atomic E-state index is 12.9. The highest BCUT2D eigenvalue weighted by atomic mass is 16.2. The van der Waals surface area contributed by atoms with E-state index in [1.807, 2.05) is 47.6 Å². The van der Waals surface area contributed by atoms with Crippen molar-refractivity contribution in [3.63, 3.8) is 0 Å². The molecule has 0 bridgehead atoms. The molecule has 0 unspecified atom stereocenters. The number of likely N-dealkylation sites (tertiary alicyclic amines) is 1. The Bertz CT molecular complexity index is 1170. The van der Waals surface area contributed by atoms with Gasteiger partial charge in [-0.05, 0) is 43.0 Å². The zero-order valence-corrected chi connectivity index (χ0v) is 16.6. The van der Waals surface area contributed by atoms with Gasteiger partial charge in [0.05, 0.1) is 6.42 Å². The van der Waals surface area contributed by atoms with Gasteiger partial charge in [0.15, 0.2) is 5.65 Å². The van der Waals surface area contributed by atoms with Crippen molar-refractivity contribution in [3.05, 3.63) is 60.2 Å². The number of amides is 1. The molecule has 4 aromatic rings. The molecule has 1 N–H and O–H groups in total.